The first-order valence-corrected chi connectivity index (χ1v) is 8.69. The molecule has 0 aliphatic carbocycles. The number of aliphatic carboxylic acids is 1. The van der Waals surface area contributed by atoms with E-state index >= 15 is 0 Å². The first-order valence-electron chi connectivity index (χ1n) is 8.69. The van der Waals surface area contributed by atoms with E-state index in [2.05, 4.69) is 4.90 Å². The molecule has 0 saturated carbocycles. The Hall–Kier alpha value is -2.27. The Morgan fingerprint density at radius 2 is 2.04 bits per heavy atom. The summed E-state index contributed by atoms with van der Waals surface area (Å²) >= 11 is 0. The Bertz CT molecular complexity index is 746. The Balaban J connectivity index is 1.77. The number of hydrogen-bond acceptors (Lipinski definition) is 3. The van der Waals surface area contributed by atoms with Gasteiger partial charge in [-0.15, -0.1) is 0 Å². The number of benzene rings is 1. The van der Waals surface area contributed by atoms with Crippen molar-refractivity contribution in [3.05, 3.63) is 64.7 Å². The third kappa shape index (κ3) is 4.63. The van der Waals surface area contributed by atoms with Crippen LogP contribution < -0.4 is 0 Å². The zero-order valence-corrected chi connectivity index (χ0v) is 14.4. The number of hydrogen-bond donors (Lipinski definition) is 1. The zero-order chi connectivity index (χ0) is 17.8. The molecule has 1 fully saturated rings. The molecule has 1 N–H and O–H groups in total. The Kier molecular flexibility index (Phi) is 5.43. The van der Waals surface area contributed by atoms with Crippen LogP contribution in [-0.2, 0) is 17.8 Å². The maximum Gasteiger partial charge on any atom is 0.303 e. The van der Waals surface area contributed by atoms with Crippen LogP contribution in [0.4, 0.5) is 4.39 Å². The monoisotopic (exact) mass is 342 g/mol. The van der Waals surface area contributed by atoms with Gasteiger partial charge in [-0.1, -0.05) is 12.1 Å². The van der Waals surface area contributed by atoms with E-state index < -0.39 is 5.97 Å². The van der Waals surface area contributed by atoms with Gasteiger partial charge in [0.05, 0.1) is 11.7 Å². The maximum atomic E-state index is 13.1. The van der Waals surface area contributed by atoms with Gasteiger partial charge in [-0.2, -0.15) is 0 Å². The largest absolute Gasteiger partial charge is 0.481 e. The van der Waals surface area contributed by atoms with Crippen LogP contribution in [-0.4, -0.2) is 27.5 Å². The highest BCUT2D eigenvalue weighted by Gasteiger charge is 2.27. The lowest BCUT2D eigenvalue weighted by molar-refractivity contribution is -0.136. The molecule has 1 aromatic heterocycles. The molecule has 0 radical (unpaired) electrons. The lowest BCUT2D eigenvalue weighted by Gasteiger charge is -2.25. The van der Waals surface area contributed by atoms with Gasteiger partial charge in [0.1, 0.15) is 5.82 Å². The number of carboxylic acid groups (broad SMARTS) is 1. The van der Waals surface area contributed by atoms with E-state index in [9.17, 15) is 9.18 Å². The molecule has 1 saturated heterocycles. The molecule has 0 bridgehead atoms. The molecule has 132 valence electrons. The number of nitrogens with zero attached hydrogens (tertiary/aromatic N) is 2. The minimum Gasteiger partial charge on any atom is -0.481 e. The number of aryl methyl sites for hydroxylation is 2. The zero-order valence-electron chi connectivity index (χ0n) is 14.4. The highest BCUT2D eigenvalue weighted by atomic mass is 19.1. The number of pyridine rings is 1. The summed E-state index contributed by atoms with van der Waals surface area (Å²) in [6.45, 7) is 3.71. The van der Waals surface area contributed by atoms with Crippen molar-refractivity contribution in [3.63, 3.8) is 0 Å². The molecule has 4 nitrogen and oxygen atoms in total. The van der Waals surface area contributed by atoms with Gasteiger partial charge in [-0.05, 0) is 68.1 Å². The highest BCUT2D eigenvalue weighted by Crippen LogP contribution is 2.33. The lowest BCUT2D eigenvalue weighted by Crippen LogP contribution is -2.23. The molecule has 1 aromatic carbocycles. The van der Waals surface area contributed by atoms with Crippen LogP contribution in [0.3, 0.4) is 0 Å². The van der Waals surface area contributed by atoms with Gasteiger partial charge in [0.15, 0.2) is 0 Å². The van der Waals surface area contributed by atoms with Gasteiger partial charge in [0.2, 0.25) is 0 Å². The summed E-state index contributed by atoms with van der Waals surface area (Å²) in [5.41, 5.74) is 4.05. The molecular formula is C20H23FN2O2. The van der Waals surface area contributed by atoms with Crippen LogP contribution in [0.5, 0.6) is 0 Å². The minimum absolute atomic E-state index is 0.132. The maximum absolute atomic E-state index is 13.1. The summed E-state index contributed by atoms with van der Waals surface area (Å²) in [5.74, 6) is -1.00. The van der Waals surface area contributed by atoms with E-state index in [1.807, 2.05) is 31.2 Å². The van der Waals surface area contributed by atoms with E-state index in [4.69, 9.17) is 10.1 Å². The summed E-state index contributed by atoms with van der Waals surface area (Å²) < 4.78 is 13.1. The molecule has 1 atom stereocenters. The van der Waals surface area contributed by atoms with Crippen molar-refractivity contribution in [2.24, 2.45) is 0 Å². The quantitative estimate of drug-likeness (QED) is 0.865. The molecule has 3 rings (SSSR count). The number of rotatable bonds is 6. The molecule has 0 amide bonds. The number of carboxylic acids is 1. The van der Waals surface area contributed by atoms with Crippen LogP contribution in [0.15, 0.2) is 36.4 Å². The van der Waals surface area contributed by atoms with Gasteiger partial charge >= 0.3 is 5.97 Å². The minimum atomic E-state index is -0.783. The molecule has 1 unspecified atom stereocenters. The molecule has 1 aliphatic rings. The fourth-order valence-corrected chi connectivity index (χ4v) is 3.51. The van der Waals surface area contributed by atoms with Crippen LogP contribution in [0.25, 0.3) is 0 Å². The van der Waals surface area contributed by atoms with Crippen molar-refractivity contribution in [1.29, 1.82) is 0 Å². The van der Waals surface area contributed by atoms with E-state index in [0.717, 1.165) is 48.4 Å². The van der Waals surface area contributed by atoms with E-state index in [1.54, 1.807) is 0 Å². The predicted molar refractivity (Wildman–Crippen MR) is 93.7 cm³/mol. The summed E-state index contributed by atoms with van der Waals surface area (Å²) in [6.07, 6.45) is 2.80. The van der Waals surface area contributed by atoms with Gasteiger partial charge in [0.25, 0.3) is 0 Å². The summed E-state index contributed by atoms with van der Waals surface area (Å²) in [5, 5.41) is 8.90. The average molecular weight is 342 g/mol. The fraction of sp³-hybridized carbons (Fsp3) is 0.400. The van der Waals surface area contributed by atoms with Gasteiger partial charge in [-0.25, -0.2) is 4.39 Å². The topological polar surface area (TPSA) is 53.4 Å². The number of aromatic nitrogens is 1. The Morgan fingerprint density at radius 3 is 2.76 bits per heavy atom. The summed E-state index contributed by atoms with van der Waals surface area (Å²) in [7, 11) is 0. The first-order chi connectivity index (χ1) is 12.0. The number of likely N-dealkylation sites (tertiary alicyclic amines) is 1. The second kappa shape index (κ2) is 7.74. The smallest absolute Gasteiger partial charge is 0.303 e. The molecular weight excluding hydrogens is 319 g/mol. The SMILES string of the molecule is Cc1cc(CCC(=O)O)cc(C2CCCN2Cc2ccc(F)cc2)n1. The standard InChI is InChI=1S/C20H23FN2O2/c1-14-11-16(6-9-20(24)25)12-18(22-14)19-3-2-10-23(19)13-15-4-7-17(21)8-5-15/h4-5,7-8,11-12,19H,2-3,6,9-10,13H2,1H3,(H,24,25). The van der Waals surface area contributed by atoms with E-state index in [-0.39, 0.29) is 18.3 Å². The molecule has 2 heterocycles. The normalized spacial score (nSPS) is 17.8. The van der Waals surface area contributed by atoms with Crippen molar-refractivity contribution < 1.29 is 14.3 Å². The molecule has 0 spiro atoms. The molecule has 25 heavy (non-hydrogen) atoms. The van der Waals surface area contributed by atoms with E-state index in [0.29, 0.717) is 6.42 Å². The Labute approximate surface area is 147 Å². The van der Waals surface area contributed by atoms with Crippen LogP contribution in [0, 0.1) is 12.7 Å². The predicted octanol–water partition coefficient (Wildman–Crippen LogP) is 3.88. The average Bonchev–Trinajstić information content (AvgIpc) is 3.03. The summed E-state index contributed by atoms with van der Waals surface area (Å²) in [4.78, 5) is 17.9. The molecule has 5 heteroatoms. The van der Waals surface area contributed by atoms with Crippen molar-refractivity contribution >= 4 is 5.97 Å². The van der Waals surface area contributed by atoms with Crippen LogP contribution in [0.2, 0.25) is 0 Å². The molecule has 1 aliphatic heterocycles. The fourth-order valence-electron chi connectivity index (χ4n) is 3.51. The Morgan fingerprint density at radius 1 is 1.28 bits per heavy atom. The third-order valence-corrected chi connectivity index (χ3v) is 4.66. The van der Waals surface area contributed by atoms with Crippen LogP contribution >= 0.6 is 0 Å². The van der Waals surface area contributed by atoms with Gasteiger partial charge in [-0.3, -0.25) is 14.7 Å². The second-order valence-electron chi connectivity index (χ2n) is 6.69. The van der Waals surface area contributed by atoms with Crippen molar-refractivity contribution in [2.75, 3.05) is 6.54 Å². The molecule has 2 aromatic rings. The van der Waals surface area contributed by atoms with E-state index in [1.165, 1.54) is 12.1 Å². The van der Waals surface area contributed by atoms with Crippen molar-refractivity contribution in [3.8, 4) is 0 Å². The third-order valence-electron chi connectivity index (χ3n) is 4.66. The number of halogens is 1. The lowest BCUT2D eigenvalue weighted by atomic mass is 10.0. The van der Waals surface area contributed by atoms with Crippen molar-refractivity contribution in [2.45, 2.75) is 45.2 Å². The van der Waals surface area contributed by atoms with Gasteiger partial charge < -0.3 is 5.11 Å². The first kappa shape index (κ1) is 17.5. The highest BCUT2D eigenvalue weighted by molar-refractivity contribution is 5.67. The van der Waals surface area contributed by atoms with Crippen molar-refractivity contribution in [1.82, 2.24) is 9.88 Å². The van der Waals surface area contributed by atoms with Crippen LogP contribution in [0.1, 0.15) is 47.8 Å². The summed E-state index contributed by atoms with van der Waals surface area (Å²) in [6, 6.07) is 10.9. The second-order valence-corrected chi connectivity index (χ2v) is 6.69. The number of carbonyl (C=O) groups is 1. The van der Waals surface area contributed by atoms with Gasteiger partial charge in [0, 0.05) is 18.7 Å².